The van der Waals surface area contributed by atoms with E-state index in [1.54, 1.807) is 13.0 Å². The topological polar surface area (TPSA) is 37.8 Å². The summed E-state index contributed by atoms with van der Waals surface area (Å²) in [6.45, 7) is 4.79. The van der Waals surface area contributed by atoms with Gasteiger partial charge in [0.25, 0.3) is 0 Å². The van der Waals surface area contributed by atoms with Gasteiger partial charge >= 0.3 is 0 Å². The number of aromatic nitrogens is 2. The van der Waals surface area contributed by atoms with Crippen molar-refractivity contribution >= 4 is 5.82 Å². The van der Waals surface area contributed by atoms with Gasteiger partial charge in [0.1, 0.15) is 17.5 Å². The molecule has 1 saturated carbocycles. The minimum Gasteiger partial charge on any atom is -0.370 e. The summed E-state index contributed by atoms with van der Waals surface area (Å²) < 4.78 is 13.4. The number of anilines is 1. The average molecular weight is 285 g/mol. The Morgan fingerprint density at radius 3 is 2.71 bits per heavy atom. The molecule has 0 saturated heterocycles. The Labute approximate surface area is 124 Å². The van der Waals surface area contributed by atoms with E-state index in [4.69, 9.17) is 0 Å². The lowest BCUT2D eigenvalue weighted by Crippen LogP contribution is -2.05. The lowest BCUT2D eigenvalue weighted by atomic mass is 10.1. The van der Waals surface area contributed by atoms with Gasteiger partial charge in [-0.25, -0.2) is 14.4 Å². The van der Waals surface area contributed by atoms with E-state index < -0.39 is 0 Å². The molecule has 0 amide bonds. The molecule has 0 aliphatic heterocycles. The van der Waals surface area contributed by atoms with E-state index in [2.05, 4.69) is 22.2 Å². The molecule has 21 heavy (non-hydrogen) atoms. The Kier molecular flexibility index (Phi) is 3.86. The number of nitrogens with one attached hydrogen (secondary N) is 1. The zero-order valence-electron chi connectivity index (χ0n) is 12.5. The van der Waals surface area contributed by atoms with Crippen molar-refractivity contribution in [1.82, 2.24) is 9.97 Å². The number of hydrogen-bond donors (Lipinski definition) is 1. The van der Waals surface area contributed by atoms with Crippen LogP contribution in [-0.4, -0.2) is 16.5 Å². The van der Waals surface area contributed by atoms with Crippen molar-refractivity contribution < 1.29 is 4.39 Å². The third-order valence-corrected chi connectivity index (χ3v) is 3.70. The van der Waals surface area contributed by atoms with E-state index in [-0.39, 0.29) is 5.82 Å². The fourth-order valence-corrected chi connectivity index (χ4v) is 2.29. The fourth-order valence-electron chi connectivity index (χ4n) is 2.29. The molecule has 1 aliphatic carbocycles. The molecule has 1 heterocycles. The quantitative estimate of drug-likeness (QED) is 0.890. The normalized spacial score (nSPS) is 14.2. The Hall–Kier alpha value is -1.97. The minimum absolute atomic E-state index is 0.181. The van der Waals surface area contributed by atoms with Crippen molar-refractivity contribution in [1.29, 1.82) is 0 Å². The Morgan fingerprint density at radius 1 is 1.24 bits per heavy atom. The highest BCUT2D eigenvalue weighted by molar-refractivity contribution is 5.63. The molecule has 1 N–H and O–H groups in total. The van der Waals surface area contributed by atoms with Crippen molar-refractivity contribution in [2.45, 2.75) is 39.0 Å². The van der Waals surface area contributed by atoms with Crippen molar-refractivity contribution in [3.8, 4) is 11.3 Å². The molecule has 0 spiro atoms. The Morgan fingerprint density at radius 2 is 2.05 bits per heavy atom. The second-order valence-electron chi connectivity index (χ2n) is 5.66. The molecule has 4 heteroatoms. The molecule has 3 rings (SSSR count). The van der Waals surface area contributed by atoms with Crippen LogP contribution in [0.15, 0.2) is 24.3 Å². The minimum atomic E-state index is -0.181. The summed E-state index contributed by atoms with van der Waals surface area (Å²) in [6, 6.07) is 7.08. The third-order valence-electron chi connectivity index (χ3n) is 3.70. The summed E-state index contributed by atoms with van der Waals surface area (Å²) in [7, 11) is 0. The van der Waals surface area contributed by atoms with Crippen LogP contribution < -0.4 is 5.32 Å². The van der Waals surface area contributed by atoms with Crippen LogP contribution in [-0.2, 0) is 0 Å². The summed E-state index contributed by atoms with van der Waals surface area (Å²) in [4.78, 5) is 9.27. The molecule has 110 valence electrons. The van der Waals surface area contributed by atoms with Gasteiger partial charge in [0.2, 0.25) is 0 Å². The molecule has 2 aromatic rings. The lowest BCUT2D eigenvalue weighted by molar-refractivity contribution is 0.618. The second-order valence-corrected chi connectivity index (χ2v) is 5.66. The van der Waals surface area contributed by atoms with E-state index in [9.17, 15) is 4.39 Å². The van der Waals surface area contributed by atoms with Crippen molar-refractivity contribution in [2.75, 3.05) is 11.9 Å². The third kappa shape index (κ3) is 3.20. The maximum Gasteiger partial charge on any atom is 0.134 e. The van der Waals surface area contributed by atoms with Crippen molar-refractivity contribution in [2.24, 2.45) is 0 Å². The van der Waals surface area contributed by atoms with Crippen LogP contribution in [0.1, 0.15) is 43.5 Å². The summed E-state index contributed by atoms with van der Waals surface area (Å²) in [6.07, 6.45) is 3.38. The van der Waals surface area contributed by atoms with E-state index in [0.717, 1.165) is 35.9 Å². The van der Waals surface area contributed by atoms with Crippen molar-refractivity contribution in [3.63, 3.8) is 0 Å². The summed E-state index contributed by atoms with van der Waals surface area (Å²) in [5.74, 6) is 2.09. The van der Waals surface area contributed by atoms with Gasteiger partial charge in [0.15, 0.2) is 0 Å². The molecule has 0 atom stereocenters. The van der Waals surface area contributed by atoms with Crippen LogP contribution in [0.3, 0.4) is 0 Å². The molecule has 1 aromatic carbocycles. The summed E-state index contributed by atoms with van der Waals surface area (Å²) >= 11 is 0. The number of halogens is 1. The van der Waals surface area contributed by atoms with Crippen molar-refractivity contribution in [3.05, 3.63) is 41.5 Å². The molecular weight excluding hydrogens is 265 g/mol. The van der Waals surface area contributed by atoms with Crippen LogP contribution in [0, 0.1) is 12.7 Å². The van der Waals surface area contributed by atoms with Crippen LogP contribution in [0.4, 0.5) is 10.2 Å². The first kappa shape index (κ1) is 14.0. The number of aryl methyl sites for hydroxylation is 1. The monoisotopic (exact) mass is 285 g/mol. The SMILES string of the molecule is CCCNc1cc(-c2ccc(F)c(C)c2)nc(C2CC2)n1. The highest BCUT2D eigenvalue weighted by atomic mass is 19.1. The molecule has 1 aliphatic rings. The van der Waals surface area contributed by atoms with Gasteiger partial charge in [-0.05, 0) is 49.9 Å². The standard InChI is InChI=1S/C17H20FN3/c1-3-8-19-16-10-15(20-17(21-16)12-4-5-12)13-6-7-14(18)11(2)9-13/h6-7,9-10,12H,3-5,8H2,1-2H3,(H,19,20,21). The zero-order chi connectivity index (χ0) is 14.8. The highest BCUT2D eigenvalue weighted by Crippen LogP contribution is 2.39. The highest BCUT2D eigenvalue weighted by Gasteiger charge is 2.27. The van der Waals surface area contributed by atoms with Gasteiger partial charge in [-0.15, -0.1) is 0 Å². The van der Waals surface area contributed by atoms with E-state index >= 15 is 0 Å². The molecule has 0 bridgehead atoms. The predicted molar refractivity (Wildman–Crippen MR) is 82.9 cm³/mol. The van der Waals surface area contributed by atoms with Gasteiger partial charge in [0, 0.05) is 24.1 Å². The first-order chi connectivity index (χ1) is 10.2. The smallest absolute Gasteiger partial charge is 0.134 e. The molecule has 0 unspecified atom stereocenters. The summed E-state index contributed by atoms with van der Waals surface area (Å²) in [5, 5.41) is 3.33. The van der Waals surface area contributed by atoms with Crippen LogP contribution in [0.5, 0.6) is 0 Å². The van der Waals surface area contributed by atoms with Gasteiger partial charge in [-0.2, -0.15) is 0 Å². The number of rotatable bonds is 5. The summed E-state index contributed by atoms with van der Waals surface area (Å²) in [5.41, 5.74) is 2.45. The van der Waals surface area contributed by atoms with Crippen LogP contribution >= 0.6 is 0 Å². The molecule has 0 radical (unpaired) electrons. The number of hydrogen-bond acceptors (Lipinski definition) is 3. The largest absolute Gasteiger partial charge is 0.370 e. The Balaban J connectivity index is 1.99. The average Bonchev–Trinajstić information content (AvgIpc) is 3.32. The van der Waals surface area contributed by atoms with E-state index in [0.29, 0.717) is 11.5 Å². The molecule has 1 aromatic heterocycles. The lowest BCUT2D eigenvalue weighted by Gasteiger charge is -2.10. The fraction of sp³-hybridized carbons (Fsp3) is 0.412. The second kappa shape index (κ2) is 5.80. The zero-order valence-corrected chi connectivity index (χ0v) is 12.5. The van der Waals surface area contributed by atoms with Gasteiger partial charge in [-0.3, -0.25) is 0 Å². The molecular formula is C17H20FN3. The van der Waals surface area contributed by atoms with Gasteiger partial charge in [0.05, 0.1) is 5.69 Å². The molecule has 3 nitrogen and oxygen atoms in total. The maximum absolute atomic E-state index is 13.4. The first-order valence-electron chi connectivity index (χ1n) is 7.56. The van der Waals surface area contributed by atoms with Gasteiger partial charge in [-0.1, -0.05) is 6.92 Å². The Bertz CT molecular complexity index is 650. The number of nitrogens with zero attached hydrogens (tertiary/aromatic N) is 2. The maximum atomic E-state index is 13.4. The van der Waals surface area contributed by atoms with Crippen LogP contribution in [0.25, 0.3) is 11.3 Å². The van der Waals surface area contributed by atoms with E-state index in [1.807, 2.05) is 12.1 Å². The number of benzene rings is 1. The predicted octanol–water partition coefficient (Wildman–Crippen LogP) is 4.29. The van der Waals surface area contributed by atoms with E-state index in [1.165, 1.54) is 18.9 Å². The van der Waals surface area contributed by atoms with Gasteiger partial charge < -0.3 is 5.32 Å². The van der Waals surface area contributed by atoms with Crippen LogP contribution in [0.2, 0.25) is 0 Å². The first-order valence-corrected chi connectivity index (χ1v) is 7.56. The molecule has 1 fully saturated rings.